The summed E-state index contributed by atoms with van der Waals surface area (Å²) in [6.45, 7) is 20.3. The highest BCUT2D eigenvalue weighted by Crippen LogP contribution is 2.30. The Bertz CT molecular complexity index is 2070. The largest absolute Gasteiger partial charge is 0.456 e. The molecule has 20 nitrogen and oxygen atoms in total. The second-order valence-corrected chi connectivity index (χ2v) is 20.3. The molecule has 0 saturated heterocycles. The van der Waals surface area contributed by atoms with E-state index in [1.54, 1.807) is 64.1 Å². The van der Waals surface area contributed by atoms with Gasteiger partial charge in [0.1, 0.15) is 30.3 Å². The minimum atomic E-state index is -1.30. The van der Waals surface area contributed by atoms with Crippen LogP contribution in [0.15, 0.2) is 53.6 Å². The van der Waals surface area contributed by atoms with Gasteiger partial charge in [-0.1, -0.05) is 83.5 Å². The van der Waals surface area contributed by atoms with Gasteiger partial charge in [0, 0.05) is 58.2 Å². The van der Waals surface area contributed by atoms with Crippen LogP contribution in [-0.2, 0) is 68.5 Å². The molecule has 0 fully saturated rings. The third-order valence-corrected chi connectivity index (χ3v) is 13.5. The zero-order valence-electron chi connectivity index (χ0n) is 47.4. The summed E-state index contributed by atoms with van der Waals surface area (Å²) in [5.41, 5.74) is 7.04. The number of hydrogen-bond acceptors (Lipinski definition) is 14. The molecule has 1 heterocycles. The molecule has 1 aliphatic rings. The Morgan fingerprint density at radius 2 is 1.45 bits per heavy atom. The van der Waals surface area contributed by atoms with Crippen molar-refractivity contribution in [3.05, 3.63) is 59.2 Å². The number of carbonyl (C=O) groups is 8. The molecule has 1 aliphatic heterocycles. The van der Waals surface area contributed by atoms with Gasteiger partial charge in [0.05, 0.1) is 33.0 Å². The van der Waals surface area contributed by atoms with Crippen LogP contribution in [0.3, 0.4) is 0 Å². The molecule has 20 heteroatoms. The van der Waals surface area contributed by atoms with Gasteiger partial charge < -0.3 is 60.5 Å². The van der Waals surface area contributed by atoms with Crippen molar-refractivity contribution in [2.75, 3.05) is 73.4 Å². The first-order chi connectivity index (χ1) is 36.1. The van der Waals surface area contributed by atoms with Crippen molar-refractivity contribution >= 4 is 47.4 Å². The highest BCUT2D eigenvalue weighted by Gasteiger charge is 2.37. The average molecular weight is 1070 g/mol. The molecule has 1 aromatic rings. The molecule has 0 bridgehead atoms. The number of benzene rings is 1. The number of nitrogens with one attached hydrogen (secondary N) is 4. The van der Waals surface area contributed by atoms with Crippen molar-refractivity contribution in [3.8, 4) is 0 Å². The quantitative estimate of drug-likeness (QED) is 0.0629. The van der Waals surface area contributed by atoms with E-state index in [4.69, 9.17) is 29.4 Å². The Kier molecular flexibility index (Phi) is 31.1. The van der Waals surface area contributed by atoms with Gasteiger partial charge in [-0.3, -0.25) is 28.8 Å². The van der Waals surface area contributed by atoms with Gasteiger partial charge in [0.15, 0.2) is 6.10 Å². The topological polar surface area (TPSA) is 263 Å². The third-order valence-electron chi connectivity index (χ3n) is 13.5. The number of hydrogen-bond donors (Lipinski definition) is 5. The lowest BCUT2D eigenvalue weighted by Crippen LogP contribution is -2.57. The smallest absolute Gasteiger partial charge is 0.334 e. The van der Waals surface area contributed by atoms with Gasteiger partial charge in [-0.25, -0.2) is 9.59 Å². The number of esters is 2. The molecule has 1 unspecified atom stereocenters. The first-order valence-electron chi connectivity index (χ1n) is 26.9. The molecule has 0 aliphatic carbocycles. The van der Waals surface area contributed by atoms with E-state index in [9.17, 15) is 38.4 Å². The predicted molar refractivity (Wildman–Crippen MR) is 289 cm³/mol. The molecule has 6 N–H and O–H groups in total. The minimum Gasteiger partial charge on any atom is -0.456 e. The number of rotatable bonds is 22. The molecule has 2 rings (SSSR count). The van der Waals surface area contributed by atoms with Crippen LogP contribution < -0.4 is 27.0 Å². The van der Waals surface area contributed by atoms with Gasteiger partial charge in [-0.05, 0) is 95.7 Å². The second kappa shape index (κ2) is 35.6. The molecule has 428 valence electrons. The SMILES string of the molecule is C/C=C(\C)[C@H]1OC(=O)[C@H](C)NC(=O)[C@H](C(C)CC)NC(=O)CN(C)C(=O)[C@@H](Cc2ccccc2)N(C)C(=O)[C@H](C)NC(=O)[C@@H](CC(C)C)OC(=O)/C(C)=C/C[C@H](CC(=O)NCCCOCCOCCOCCCN)[C@@H]1C. The Morgan fingerprint density at radius 1 is 0.842 bits per heavy atom. The Hall–Kier alpha value is -5.70. The molecule has 76 heavy (non-hydrogen) atoms. The molecule has 0 radical (unpaired) electrons. The van der Waals surface area contributed by atoms with Crippen LogP contribution in [0.25, 0.3) is 0 Å². The highest BCUT2D eigenvalue weighted by atomic mass is 16.6. The van der Waals surface area contributed by atoms with E-state index in [0.717, 1.165) is 12.0 Å². The summed E-state index contributed by atoms with van der Waals surface area (Å²) >= 11 is 0. The molecule has 6 amide bonds. The van der Waals surface area contributed by atoms with Crippen LogP contribution in [0.2, 0.25) is 0 Å². The van der Waals surface area contributed by atoms with Crippen LogP contribution >= 0.6 is 0 Å². The number of allylic oxidation sites excluding steroid dienone is 2. The zero-order valence-corrected chi connectivity index (χ0v) is 47.4. The van der Waals surface area contributed by atoms with Gasteiger partial charge in [-0.2, -0.15) is 0 Å². The lowest BCUT2D eigenvalue weighted by molar-refractivity contribution is -0.154. The molecule has 0 spiro atoms. The van der Waals surface area contributed by atoms with Crippen molar-refractivity contribution in [2.24, 2.45) is 29.4 Å². The summed E-state index contributed by atoms with van der Waals surface area (Å²) in [5, 5.41) is 11.1. The van der Waals surface area contributed by atoms with Crippen molar-refractivity contribution in [2.45, 2.75) is 151 Å². The van der Waals surface area contributed by atoms with Gasteiger partial charge in [-0.15, -0.1) is 0 Å². The fraction of sp³-hybridized carbons (Fsp3) is 0.679. The number of likely N-dealkylation sites (N-methyl/N-ethyl adjacent to an activating group) is 2. The average Bonchev–Trinajstić information content (AvgIpc) is 3.39. The van der Waals surface area contributed by atoms with Crippen molar-refractivity contribution < 1.29 is 62.0 Å². The number of nitrogens with two attached hydrogens (primary N) is 1. The number of cyclic esters (lactones) is 2. The predicted octanol–water partition coefficient (Wildman–Crippen LogP) is 3.79. The number of ether oxygens (including phenoxy) is 5. The van der Waals surface area contributed by atoms with E-state index in [1.807, 2.05) is 33.8 Å². The van der Waals surface area contributed by atoms with Crippen LogP contribution in [0.1, 0.15) is 113 Å². The van der Waals surface area contributed by atoms with Crippen LogP contribution in [-0.4, -0.2) is 167 Å². The molecular formula is C56H91N7O13. The van der Waals surface area contributed by atoms with Gasteiger partial charge in [0.2, 0.25) is 29.5 Å². The first-order valence-corrected chi connectivity index (χ1v) is 26.9. The van der Waals surface area contributed by atoms with E-state index in [1.165, 1.54) is 37.7 Å². The Labute approximate surface area is 451 Å². The van der Waals surface area contributed by atoms with Crippen LogP contribution in [0.5, 0.6) is 0 Å². The molecule has 9 atom stereocenters. The lowest BCUT2D eigenvalue weighted by atomic mass is 9.81. The van der Waals surface area contributed by atoms with Crippen LogP contribution in [0.4, 0.5) is 0 Å². The Morgan fingerprint density at radius 3 is 2.04 bits per heavy atom. The number of nitrogens with zero attached hydrogens (tertiary/aromatic N) is 2. The maximum Gasteiger partial charge on any atom is 0.334 e. The lowest BCUT2D eigenvalue weighted by Gasteiger charge is -2.33. The monoisotopic (exact) mass is 1070 g/mol. The fourth-order valence-electron chi connectivity index (χ4n) is 8.33. The standard InChI is InChI=1S/C56H91N7O13/c1-13-37(5)49-52(67)60-42(10)56(71)76-50(38(6)14-2)40(8)44(34-47(64)58-25-19-27-73-29-31-74-30-28-72-26-18-24-57)23-22-39(7)55(70)75-46(32-36(3)4)51(66)59-41(9)53(68)63(12)45(33-43-20-16-15-17-21-43)54(69)62(11)35-48(65)61-49/h14-17,20-22,36-37,40-42,44-46,49-50H,13,18-19,23-35,57H2,1-12H3,(H,58,64)(H,59,66)(H,60,67)(H,61,65)/b38-14+,39-22+/t37?,40-,41-,42-,44+,45+,46+,49-,50+/m0/s1. The summed E-state index contributed by atoms with van der Waals surface area (Å²) in [6, 6.07) is 4.41. The number of amides is 6. The van der Waals surface area contributed by atoms with E-state index < -0.39 is 102 Å². The van der Waals surface area contributed by atoms with Gasteiger partial charge in [0.25, 0.3) is 5.91 Å². The summed E-state index contributed by atoms with van der Waals surface area (Å²) in [5.74, 6) is -6.61. The van der Waals surface area contributed by atoms with E-state index in [2.05, 4.69) is 21.3 Å². The molecule has 1 aromatic carbocycles. The van der Waals surface area contributed by atoms with Crippen molar-refractivity contribution in [3.63, 3.8) is 0 Å². The Balaban J connectivity index is 2.54. The molecular weight excluding hydrogens is 979 g/mol. The summed E-state index contributed by atoms with van der Waals surface area (Å²) < 4.78 is 28.6. The third kappa shape index (κ3) is 23.7. The normalized spacial score (nSPS) is 24.9. The fourth-order valence-corrected chi connectivity index (χ4v) is 8.33. The van der Waals surface area contributed by atoms with E-state index in [0.29, 0.717) is 71.1 Å². The molecule has 0 saturated carbocycles. The van der Waals surface area contributed by atoms with Crippen molar-refractivity contribution in [1.29, 1.82) is 0 Å². The first kappa shape index (κ1) is 66.4. The van der Waals surface area contributed by atoms with Crippen LogP contribution in [0, 0.1) is 23.7 Å². The molecule has 0 aromatic heterocycles. The maximum absolute atomic E-state index is 14.3. The zero-order chi connectivity index (χ0) is 56.9. The van der Waals surface area contributed by atoms with E-state index in [-0.39, 0.29) is 43.1 Å². The summed E-state index contributed by atoms with van der Waals surface area (Å²) in [6.07, 6.45) is 3.36. The minimum absolute atomic E-state index is 0.0264. The van der Waals surface area contributed by atoms with E-state index >= 15 is 0 Å². The number of carbonyl (C=O) groups excluding carboxylic acids is 8. The highest BCUT2D eigenvalue weighted by molar-refractivity contribution is 5.96. The maximum atomic E-state index is 14.3. The second-order valence-electron chi connectivity index (χ2n) is 20.3. The van der Waals surface area contributed by atoms with Crippen molar-refractivity contribution in [1.82, 2.24) is 31.1 Å². The van der Waals surface area contributed by atoms with Gasteiger partial charge >= 0.3 is 11.9 Å². The summed E-state index contributed by atoms with van der Waals surface area (Å²) in [7, 11) is 2.85. The summed E-state index contributed by atoms with van der Waals surface area (Å²) in [4.78, 5) is 114.